The van der Waals surface area contributed by atoms with Gasteiger partial charge in [0.1, 0.15) is 42.0 Å². The summed E-state index contributed by atoms with van der Waals surface area (Å²) in [4.78, 5) is 126. The number of hydrogen-bond acceptors (Lipinski definition) is 13. The van der Waals surface area contributed by atoms with Crippen LogP contribution in [-0.4, -0.2) is 134 Å². The fourth-order valence-corrected chi connectivity index (χ4v) is 7.03. The number of unbranched alkanes of at least 4 members (excludes halogenated alkanes) is 1. The van der Waals surface area contributed by atoms with Crippen molar-refractivity contribution in [1.29, 1.82) is 0 Å². The fourth-order valence-electron chi connectivity index (χ4n) is 7.03. The number of phenols is 1. The van der Waals surface area contributed by atoms with Gasteiger partial charge in [0, 0.05) is 37.7 Å². The highest BCUT2D eigenvalue weighted by atomic mass is 16.4. The Morgan fingerprint density at radius 3 is 1.95 bits per heavy atom. The number of primary amides is 2. The van der Waals surface area contributed by atoms with Crippen molar-refractivity contribution in [2.45, 2.75) is 127 Å². The quantitative estimate of drug-likeness (QED) is 0.0399. The Morgan fingerprint density at radius 2 is 1.38 bits per heavy atom. The number of carbonyl (C=O) groups is 9. The number of phenolic OH excluding ortho intramolecular Hbond substituents is 1. The van der Waals surface area contributed by atoms with E-state index in [-0.39, 0.29) is 63.7 Å². The highest BCUT2D eigenvalue weighted by molar-refractivity contribution is 5.97. The van der Waals surface area contributed by atoms with E-state index >= 15 is 0 Å². The number of aromatic hydroxyl groups is 1. The molecule has 64 heavy (non-hydrogen) atoms. The smallest absolute Gasteiger partial charge is 0.326 e. The number of amides is 8. The third-order valence-electron chi connectivity index (χ3n) is 10.6. The molecule has 0 aliphatic carbocycles. The van der Waals surface area contributed by atoms with Crippen molar-refractivity contribution in [2.75, 3.05) is 13.1 Å². The first-order valence-corrected chi connectivity index (χ1v) is 21.1. The number of carboxylic acid groups (broad SMARTS) is 1. The molecule has 1 aliphatic rings. The Bertz CT molecular complexity index is 1930. The van der Waals surface area contributed by atoms with Crippen LogP contribution < -0.4 is 49.5 Å². The van der Waals surface area contributed by atoms with Crippen LogP contribution in [0.2, 0.25) is 0 Å². The van der Waals surface area contributed by atoms with Crippen LogP contribution in [0.15, 0.2) is 36.8 Å². The van der Waals surface area contributed by atoms with Gasteiger partial charge in [-0.25, -0.2) is 9.78 Å². The van der Waals surface area contributed by atoms with Crippen LogP contribution in [0.1, 0.15) is 82.9 Å². The van der Waals surface area contributed by atoms with Crippen molar-refractivity contribution in [2.24, 2.45) is 28.9 Å². The van der Waals surface area contributed by atoms with Gasteiger partial charge in [0.15, 0.2) is 0 Å². The monoisotopic (exact) mass is 898 g/mol. The van der Waals surface area contributed by atoms with E-state index in [0.717, 1.165) is 0 Å². The zero-order chi connectivity index (χ0) is 47.5. The van der Waals surface area contributed by atoms with Crippen LogP contribution in [-0.2, 0) is 56.0 Å². The lowest BCUT2D eigenvalue weighted by molar-refractivity contribution is -0.143. The molecule has 0 unspecified atom stereocenters. The maximum atomic E-state index is 14.2. The van der Waals surface area contributed by atoms with Gasteiger partial charge in [-0.3, -0.25) is 38.4 Å². The number of carbonyl (C=O) groups excluding carboxylic acids is 8. The van der Waals surface area contributed by atoms with Gasteiger partial charge in [-0.15, -0.1) is 0 Å². The first-order valence-electron chi connectivity index (χ1n) is 21.1. The standard InChI is InChI=1S/C41H62N12O11/c1-22(2)34(39(61)51-30(41(63)64)19-24-20-46-21-47-24)52-37(59)28(12-14-32(44)55)49-38(60)31-7-5-17-53(31)40(62)29(13-15-33(45)56)50-36(58)27(6-3-4-16-42)48-35(57)26(43)18-23-8-10-25(54)11-9-23/h8-11,20-22,26-31,34,54H,3-7,12-19,42-43H2,1-2H3,(H2,44,55)(H2,45,56)(H,46,47)(H,48,57)(H,49,60)(H,50,58)(H,51,61)(H,52,59)(H,63,64)/t26-,27-,28-,29-,30-,31-,34-/m0/s1. The minimum absolute atomic E-state index is 0.0305. The van der Waals surface area contributed by atoms with Gasteiger partial charge < -0.3 is 69.6 Å². The molecule has 8 amide bonds. The van der Waals surface area contributed by atoms with E-state index in [1.165, 1.54) is 29.6 Å². The molecule has 0 saturated carbocycles. The average Bonchev–Trinajstić information content (AvgIpc) is 3.95. The largest absolute Gasteiger partial charge is 0.508 e. The lowest BCUT2D eigenvalue weighted by Crippen LogP contribution is -2.60. The highest BCUT2D eigenvalue weighted by Gasteiger charge is 2.40. The second-order valence-electron chi connectivity index (χ2n) is 16.1. The molecule has 23 nitrogen and oxygen atoms in total. The molecule has 1 saturated heterocycles. The van der Waals surface area contributed by atoms with Crippen molar-refractivity contribution in [3.63, 3.8) is 0 Å². The number of likely N-dealkylation sites (tertiary alicyclic amines) is 1. The van der Waals surface area contributed by atoms with E-state index in [2.05, 4.69) is 36.6 Å². The van der Waals surface area contributed by atoms with E-state index < -0.39 is 101 Å². The van der Waals surface area contributed by atoms with Gasteiger partial charge >= 0.3 is 5.97 Å². The topological polar surface area (TPSA) is 390 Å². The lowest BCUT2D eigenvalue weighted by Gasteiger charge is -2.31. The number of aliphatic carboxylic acids is 1. The maximum absolute atomic E-state index is 14.2. The predicted molar refractivity (Wildman–Crippen MR) is 229 cm³/mol. The van der Waals surface area contributed by atoms with Crippen molar-refractivity contribution < 1.29 is 53.4 Å². The number of rotatable bonds is 27. The molecule has 0 bridgehead atoms. The minimum Gasteiger partial charge on any atom is -0.508 e. The number of nitrogens with two attached hydrogens (primary N) is 4. The summed E-state index contributed by atoms with van der Waals surface area (Å²) in [5.74, 6) is -8.17. The second-order valence-corrected chi connectivity index (χ2v) is 16.1. The summed E-state index contributed by atoms with van der Waals surface area (Å²) in [7, 11) is 0. The lowest BCUT2D eigenvalue weighted by atomic mass is 10.0. The minimum atomic E-state index is -1.45. The van der Waals surface area contributed by atoms with E-state index in [1.807, 2.05) is 0 Å². The Balaban J connectivity index is 1.79. The number of benzene rings is 1. The van der Waals surface area contributed by atoms with Crippen LogP contribution >= 0.6 is 0 Å². The van der Waals surface area contributed by atoms with E-state index in [0.29, 0.717) is 37.1 Å². The van der Waals surface area contributed by atoms with E-state index in [1.54, 1.807) is 26.0 Å². The summed E-state index contributed by atoms with van der Waals surface area (Å²) in [6.07, 6.45) is 2.93. The summed E-state index contributed by atoms with van der Waals surface area (Å²) in [5, 5.41) is 32.1. The number of H-pyrrole nitrogens is 1. The third kappa shape index (κ3) is 16.6. The van der Waals surface area contributed by atoms with Crippen molar-refractivity contribution in [3.8, 4) is 5.75 Å². The molecule has 0 spiro atoms. The van der Waals surface area contributed by atoms with Crippen LogP contribution in [0.4, 0.5) is 0 Å². The van der Waals surface area contributed by atoms with Gasteiger partial charge in [0.05, 0.1) is 12.4 Å². The summed E-state index contributed by atoms with van der Waals surface area (Å²) in [5.41, 5.74) is 23.7. The van der Waals surface area contributed by atoms with Crippen LogP contribution in [0.25, 0.3) is 0 Å². The van der Waals surface area contributed by atoms with Gasteiger partial charge in [0.25, 0.3) is 0 Å². The van der Waals surface area contributed by atoms with Gasteiger partial charge in [-0.2, -0.15) is 0 Å². The molecule has 0 radical (unpaired) electrons. The Morgan fingerprint density at radius 1 is 0.781 bits per heavy atom. The Hall–Kier alpha value is -6.62. The molecule has 23 heteroatoms. The number of imidazole rings is 1. The number of hydrogen-bond donors (Lipinski definition) is 12. The molecule has 2 aromatic rings. The summed E-state index contributed by atoms with van der Waals surface area (Å²) < 4.78 is 0. The van der Waals surface area contributed by atoms with Gasteiger partial charge in [-0.1, -0.05) is 26.0 Å². The number of nitrogens with one attached hydrogen (secondary N) is 6. The summed E-state index contributed by atoms with van der Waals surface area (Å²) in [6, 6.07) is -2.90. The Labute approximate surface area is 370 Å². The second kappa shape index (κ2) is 25.5. The first-order chi connectivity index (χ1) is 30.3. The molecule has 3 rings (SSSR count). The normalized spacial score (nSPS) is 16.3. The summed E-state index contributed by atoms with van der Waals surface area (Å²) in [6.45, 7) is 3.55. The van der Waals surface area contributed by atoms with Crippen LogP contribution in [0.5, 0.6) is 5.75 Å². The molecule has 16 N–H and O–H groups in total. The molecule has 7 atom stereocenters. The van der Waals surface area contributed by atoms with Crippen molar-refractivity contribution in [3.05, 3.63) is 48.0 Å². The van der Waals surface area contributed by atoms with E-state index in [4.69, 9.17) is 22.9 Å². The van der Waals surface area contributed by atoms with Crippen molar-refractivity contribution in [1.82, 2.24) is 41.5 Å². The number of aromatic nitrogens is 2. The van der Waals surface area contributed by atoms with Gasteiger partial charge in [-0.05, 0) is 81.5 Å². The fraction of sp³-hybridized carbons (Fsp3) is 0.561. The van der Waals surface area contributed by atoms with Gasteiger partial charge in [0.2, 0.25) is 47.3 Å². The number of carboxylic acids is 1. The average molecular weight is 899 g/mol. The molecule has 1 aromatic heterocycles. The molecule has 2 heterocycles. The van der Waals surface area contributed by atoms with Crippen LogP contribution in [0.3, 0.4) is 0 Å². The van der Waals surface area contributed by atoms with Crippen molar-refractivity contribution >= 4 is 53.2 Å². The molecule has 352 valence electrons. The molecule has 1 aromatic carbocycles. The zero-order valence-electron chi connectivity index (χ0n) is 36.0. The molecule has 1 aliphatic heterocycles. The number of nitrogens with zero attached hydrogens (tertiary/aromatic N) is 2. The van der Waals surface area contributed by atoms with Crippen LogP contribution in [0, 0.1) is 5.92 Å². The third-order valence-corrected chi connectivity index (χ3v) is 10.6. The zero-order valence-corrected chi connectivity index (χ0v) is 36.0. The number of aromatic amines is 1. The van der Waals surface area contributed by atoms with E-state index in [9.17, 15) is 53.4 Å². The maximum Gasteiger partial charge on any atom is 0.326 e. The molecule has 1 fully saturated rings. The first kappa shape index (κ1) is 51.7. The predicted octanol–water partition coefficient (Wildman–Crippen LogP) is -2.96. The highest BCUT2D eigenvalue weighted by Crippen LogP contribution is 2.21. The SMILES string of the molecule is CC(C)[C@H](NC(=O)[C@H](CCC(N)=O)NC(=O)[C@@H]1CCCN1C(=O)[C@H](CCC(N)=O)NC(=O)[C@H](CCCCN)NC(=O)[C@@H](N)Cc1ccc(O)cc1)C(=O)N[C@@H](Cc1cnc[nH]1)C(=O)O. The molecular weight excluding hydrogens is 837 g/mol. The molecular formula is C41H62N12O11. The summed E-state index contributed by atoms with van der Waals surface area (Å²) >= 11 is 0. The Kier molecular flexibility index (Phi) is 20.6.